The van der Waals surface area contributed by atoms with Crippen LogP contribution >= 0.6 is 0 Å². The molecular weight excluding hydrogens is 300 g/mol. The predicted molar refractivity (Wildman–Crippen MR) is 69.8 cm³/mol. The van der Waals surface area contributed by atoms with Crippen molar-refractivity contribution >= 4 is 5.97 Å². The largest absolute Gasteiger partial charge is 0.449 e. The average molecular weight is 310 g/mol. The zero-order valence-corrected chi connectivity index (χ0v) is 11.4. The topological polar surface area (TPSA) is 26.3 Å². The molecule has 1 heterocycles. The lowest BCUT2D eigenvalue weighted by atomic mass is 9.94. The van der Waals surface area contributed by atoms with Crippen molar-refractivity contribution in [3.63, 3.8) is 0 Å². The third-order valence-corrected chi connectivity index (χ3v) is 3.62. The Hall–Kier alpha value is -2.37. The van der Waals surface area contributed by atoms with Gasteiger partial charge in [-0.15, -0.1) is 0 Å². The van der Waals surface area contributed by atoms with Gasteiger partial charge >= 0.3 is 12.1 Å². The van der Waals surface area contributed by atoms with Gasteiger partial charge in [0.1, 0.15) is 5.82 Å². The van der Waals surface area contributed by atoms with Gasteiger partial charge in [-0.2, -0.15) is 13.2 Å². The van der Waals surface area contributed by atoms with Crippen LogP contribution in [0.2, 0.25) is 0 Å². The van der Waals surface area contributed by atoms with E-state index in [0.717, 1.165) is 18.2 Å². The molecule has 6 heteroatoms. The van der Waals surface area contributed by atoms with Gasteiger partial charge in [-0.05, 0) is 42.8 Å². The lowest BCUT2D eigenvalue weighted by Gasteiger charge is -2.15. The smallest absolute Gasteiger partial charge is 0.416 e. The number of fused-ring (bicyclic) bond motifs is 1. The summed E-state index contributed by atoms with van der Waals surface area (Å²) in [5.74, 6) is -1.15. The van der Waals surface area contributed by atoms with Crippen LogP contribution < -0.4 is 0 Å². The minimum atomic E-state index is -4.51. The first-order valence-corrected chi connectivity index (χ1v) is 6.45. The van der Waals surface area contributed by atoms with Gasteiger partial charge in [0.2, 0.25) is 0 Å². The van der Waals surface area contributed by atoms with Gasteiger partial charge in [0.25, 0.3) is 0 Å². The van der Waals surface area contributed by atoms with E-state index in [-0.39, 0.29) is 11.1 Å². The van der Waals surface area contributed by atoms with Crippen molar-refractivity contribution in [3.8, 4) is 0 Å². The van der Waals surface area contributed by atoms with Crippen LogP contribution in [0, 0.1) is 12.7 Å². The third-order valence-electron chi connectivity index (χ3n) is 3.62. The Morgan fingerprint density at radius 1 is 1.05 bits per heavy atom. The maximum atomic E-state index is 13.2. The molecule has 2 aromatic carbocycles. The van der Waals surface area contributed by atoms with Gasteiger partial charge in [-0.25, -0.2) is 9.18 Å². The van der Waals surface area contributed by atoms with Crippen molar-refractivity contribution in [2.75, 3.05) is 0 Å². The second-order valence-electron chi connectivity index (χ2n) is 5.09. The molecule has 3 rings (SSSR count). The molecule has 0 bridgehead atoms. The van der Waals surface area contributed by atoms with Gasteiger partial charge in [0.05, 0.1) is 11.1 Å². The van der Waals surface area contributed by atoms with E-state index in [0.29, 0.717) is 11.1 Å². The average Bonchev–Trinajstić information content (AvgIpc) is 2.75. The molecule has 0 N–H and O–H groups in total. The van der Waals surface area contributed by atoms with Crippen LogP contribution in [-0.2, 0) is 10.9 Å². The number of hydrogen-bond donors (Lipinski definition) is 0. The number of esters is 1. The predicted octanol–water partition coefficient (Wildman–Crippen LogP) is 4.41. The van der Waals surface area contributed by atoms with Crippen molar-refractivity contribution in [2.24, 2.45) is 0 Å². The van der Waals surface area contributed by atoms with Crippen LogP contribution in [0.3, 0.4) is 0 Å². The molecule has 0 aromatic heterocycles. The Kier molecular flexibility index (Phi) is 3.20. The summed E-state index contributed by atoms with van der Waals surface area (Å²) in [4.78, 5) is 11.8. The molecule has 1 aliphatic heterocycles. The number of hydrogen-bond acceptors (Lipinski definition) is 2. The summed E-state index contributed by atoms with van der Waals surface area (Å²) in [6, 6.07) is 6.71. The lowest BCUT2D eigenvalue weighted by molar-refractivity contribution is -0.137. The zero-order chi connectivity index (χ0) is 16.1. The molecule has 1 aliphatic rings. The van der Waals surface area contributed by atoms with Crippen LogP contribution in [0.4, 0.5) is 17.6 Å². The van der Waals surface area contributed by atoms with Crippen molar-refractivity contribution < 1.29 is 27.1 Å². The quantitative estimate of drug-likeness (QED) is 0.576. The zero-order valence-electron chi connectivity index (χ0n) is 11.4. The first-order valence-electron chi connectivity index (χ1n) is 6.45. The summed E-state index contributed by atoms with van der Waals surface area (Å²) >= 11 is 0. The Morgan fingerprint density at radius 2 is 1.77 bits per heavy atom. The van der Waals surface area contributed by atoms with E-state index in [4.69, 9.17) is 4.74 Å². The van der Waals surface area contributed by atoms with Crippen LogP contribution in [0.25, 0.3) is 0 Å². The molecular formula is C16H10F4O2. The molecule has 0 amide bonds. The normalized spacial score (nSPS) is 17.3. The Balaban J connectivity index is 2.13. The molecule has 2 nitrogen and oxygen atoms in total. The SMILES string of the molecule is Cc1cc(F)ccc1C1OC(=O)c2ccc(C(F)(F)F)cc21. The second-order valence-corrected chi connectivity index (χ2v) is 5.09. The van der Waals surface area contributed by atoms with Crippen molar-refractivity contribution in [1.82, 2.24) is 0 Å². The molecule has 2 aromatic rings. The molecule has 0 radical (unpaired) electrons. The van der Waals surface area contributed by atoms with Crippen molar-refractivity contribution in [2.45, 2.75) is 19.2 Å². The fraction of sp³-hybridized carbons (Fsp3) is 0.188. The Bertz CT molecular complexity index is 765. The van der Waals surface area contributed by atoms with Gasteiger partial charge in [0, 0.05) is 11.1 Å². The number of halogens is 4. The fourth-order valence-corrected chi connectivity index (χ4v) is 2.54. The number of benzene rings is 2. The van der Waals surface area contributed by atoms with Gasteiger partial charge in [0.15, 0.2) is 6.10 Å². The highest BCUT2D eigenvalue weighted by Gasteiger charge is 2.37. The van der Waals surface area contributed by atoms with Gasteiger partial charge < -0.3 is 4.74 Å². The number of carbonyl (C=O) groups is 1. The monoisotopic (exact) mass is 310 g/mol. The highest BCUT2D eigenvalue weighted by molar-refractivity contribution is 5.94. The van der Waals surface area contributed by atoms with E-state index in [1.807, 2.05) is 0 Å². The summed E-state index contributed by atoms with van der Waals surface area (Å²) in [5, 5.41) is 0. The number of ether oxygens (including phenoxy) is 1. The van der Waals surface area contributed by atoms with E-state index in [1.54, 1.807) is 6.92 Å². The summed E-state index contributed by atoms with van der Waals surface area (Å²) in [6.45, 7) is 1.61. The third kappa shape index (κ3) is 2.34. The minimum Gasteiger partial charge on any atom is -0.449 e. The molecule has 0 saturated heterocycles. The molecule has 0 fully saturated rings. The summed E-state index contributed by atoms with van der Waals surface area (Å²) in [6.07, 6.45) is -5.46. The first kappa shape index (κ1) is 14.6. The van der Waals surface area contributed by atoms with E-state index in [9.17, 15) is 22.4 Å². The van der Waals surface area contributed by atoms with Crippen molar-refractivity contribution in [1.29, 1.82) is 0 Å². The molecule has 22 heavy (non-hydrogen) atoms. The standard InChI is InChI=1S/C16H10F4O2/c1-8-6-10(17)3-5-11(8)14-13-7-9(16(18,19)20)2-4-12(13)15(21)22-14/h2-7,14H,1H3. The van der Waals surface area contributed by atoms with Crippen LogP contribution in [0.1, 0.15) is 38.7 Å². The molecule has 1 unspecified atom stereocenters. The number of carbonyl (C=O) groups excluding carboxylic acids is 1. The van der Waals surface area contributed by atoms with Crippen molar-refractivity contribution in [3.05, 3.63) is 70.0 Å². The van der Waals surface area contributed by atoms with Crippen LogP contribution in [-0.4, -0.2) is 5.97 Å². The van der Waals surface area contributed by atoms with Gasteiger partial charge in [-0.3, -0.25) is 0 Å². The summed E-state index contributed by atoms with van der Waals surface area (Å²) in [5.41, 5.74) is 0.362. The first-order chi connectivity index (χ1) is 10.3. The maximum absolute atomic E-state index is 13.2. The van der Waals surface area contributed by atoms with E-state index >= 15 is 0 Å². The van der Waals surface area contributed by atoms with Gasteiger partial charge in [-0.1, -0.05) is 6.07 Å². The van der Waals surface area contributed by atoms with E-state index in [1.165, 1.54) is 18.2 Å². The molecule has 0 aliphatic carbocycles. The summed E-state index contributed by atoms with van der Waals surface area (Å²) in [7, 11) is 0. The summed E-state index contributed by atoms with van der Waals surface area (Å²) < 4.78 is 56.9. The minimum absolute atomic E-state index is 0.0988. The molecule has 0 spiro atoms. The molecule has 0 saturated carbocycles. The fourth-order valence-electron chi connectivity index (χ4n) is 2.54. The number of rotatable bonds is 1. The van der Waals surface area contributed by atoms with E-state index < -0.39 is 29.6 Å². The van der Waals surface area contributed by atoms with Crippen LogP contribution in [0.5, 0.6) is 0 Å². The number of cyclic esters (lactones) is 1. The Labute approximate surface area is 123 Å². The highest BCUT2D eigenvalue weighted by atomic mass is 19.4. The number of aryl methyl sites for hydroxylation is 1. The second kappa shape index (κ2) is 4.83. The van der Waals surface area contributed by atoms with E-state index in [2.05, 4.69) is 0 Å². The maximum Gasteiger partial charge on any atom is 0.416 e. The Morgan fingerprint density at radius 3 is 2.41 bits per heavy atom. The lowest BCUT2D eigenvalue weighted by Crippen LogP contribution is -2.07. The number of alkyl halides is 3. The highest BCUT2D eigenvalue weighted by Crippen LogP contribution is 2.40. The molecule has 114 valence electrons. The molecule has 1 atom stereocenters. The van der Waals surface area contributed by atoms with Crippen LogP contribution in [0.15, 0.2) is 36.4 Å².